The minimum atomic E-state index is -4.46. The van der Waals surface area contributed by atoms with Crippen molar-refractivity contribution < 1.29 is 31.9 Å². The number of amides is 1. The van der Waals surface area contributed by atoms with Gasteiger partial charge in [0, 0.05) is 17.3 Å². The normalized spacial score (nSPS) is 12.9. The average Bonchev–Trinajstić information content (AvgIpc) is 3.30. The van der Waals surface area contributed by atoms with Crippen molar-refractivity contribution >= 4 is 11.6 Å². The van der Waals surface area contributed by atoms with E-state index in [1.807, 2.05) is 0 Å². The maximum Gasteiger partial charge on any atom is 0.416 e. The SMILES string of the molecule is O=C(Nc1ccc2c(c1)OCO2)c1ccc(-c2cccc(C(F)(F)F)c2)o1. The van der Waals surface area contributed by atoms with Crippen LogP contribution < -0.4 is 14.8 Å². The van der Waals surface area contributed by atoms with E-state index in [0.29, 0.717) is 17.2 Å². The lowest BCUT2D eigenvalue weighted by Gasteiger charge is -2.07. The molecule has 0 saturated heterocycles. The first kappa shape index (κ1) is 17.0. The highest BCUT2D eigenvalue weighted by Gasteiger charge is 2.30. The second-order valence-corrected chi connectivity index (χ2v) is 5.76. The lowest BCUT2D eigenvalue weighted by atomic mass is 10.1. The van der Waals surface area contributed by atoms with Crippen LogP contribution in [0.4, 0.5) is 18.9 Å². The lowest BCUT2D eigenvalue weighted by molar-refractivity contribution is -0.137. The van der Waals surface area contributed by atoms with Gasteiger partial charge < -0.3 is 19.2 Å². The molecule has 3 aromatic rings. The number of ether oxygens (including phenoxy) is 2. The number of hydrogen-bond acceptors (Lipinski definition) is 4. The van der Waals surface area contributed by atoms with Gasteiger partial charge in [0.1, 0.15) is 5.76 Å². The first-order chi connectivity index (χ1) is 12.9. The maximum atomic E-state index is 12.8. The van der Waals surface area contributed by atoms with Gasteiger partial charge in [0.2, 0.25) is 6.79 Å². The van der Waals surface area contributed by atoms with Crippen LogP contribution in [0.25, 0.3) is 11.3 Å². The summed E-state index contributed by atoms with van der Waals surface area (Å²) in [4.78, 5) is 12.3. The summed E-state index contributed by atoms with van der Waals surface area (Å²) in [7, 11) is 0. The van der Waals surface area contributed by atoms with Gasteiger partial charge >= 0.3 is 6.18 Å². The number of furan rings is 1. The van der Waals surface area contributed by atoms with Crippen molar-refractivity contribution in [2.45, 2.75) is 6.18 Å². The molecule has 27 heavy (non-hydrogen) atoms. The van der Waals surface area contributed by atoms with Gasteiger partial charge in [-0.15, -0.1) is 0 Å². The molecule has 0 spiro atoms. The van der Waals surface area contributed by atoms with Gasteiger partial charge in [-0.1, -0.05) is 12.1 Å². The maximum absolute atomic E-state index is 12.8. The number of halogens is 3. The first-order valence-corrected chi connectivity index (χ1v) is 7.89. The van der Waals surface area contributed by atoms with E-state index in [0.717, 1.165) is 12.1 Å². The van der Waals surface area contributed by atoms with Gasteiger partial charge in [0.05, 0.1) is 5.56 Å². The molecule has 0 atom stereocenters. The number of carbonyl (C=O) groups excluding carboxylic acids is 1. The van der Waals surface area contributed by atoms with E-state index in [-0.39, 0.29) is 23.9 Å². The van der Waals surface area contributed by atoms with Gasteiger partial charge in [-0.3, -0.25) is 4.79 Å². The Labute approximate surface area is 151 Å². The molecule has 8 heteroatoms. The molecule has 0 radical (unpaired) electrons. The van der Waals surface area contributed by atoms with Crippen molar-refractivity contribution in [3.05, 3.63) is 65.9 Å². The lowest BCUT2D eigenvalue weighted by Crippen LogP contribution is -2.10. The van der Waals surface area contributed by atoms with Crippen molar-refractivity contribution in [1.29, 1.82) is 0 Å². The topological polar surface area (TPSA) is 60.7 Å². The van der Waals surface area contributed by atoms with E-state index in [1.54, 1.807) is 18.2 Å². The van der Waals surface area contributed by atoms with Gasteiger partial charge in [-0.2, -0.15) is 13.2 Å². The summed E-state index contributed by atoms with van der Waals surface area (Å²) in [6.45, 7) is 0.116. The van der Waals surface area contributed by atoms with E-state index in [9.17, 15) is 18.0 Å². The molecule has 0 bridgehead atoms. The van der Waals surface area contributed by atoms with E-state index in [2.05, 4.69) is 5.32 Å². The molecule has 2 heterocycles. The molecule has 0 saturated carbocycles. The third-order valence-corrected chi connectivity index (χ3v) is 3.93. The summed E-state index contributed by atoms with van der Waals surface area (Å²) in [5, 5.41) is 2.64. The highest BCUT2D eigenvalue weighted by atomic mass is 19.4. The van der Waals surface area contributed by atoms with Gasteiger partial charge in [-0.25, -0.2) is 0 Å². The number of rotatable bonds is 3. The molecule has 0 unspecified atom stereocenters. The Morgan fingerprint density at radius 2 is 1.78 bits per heavy atom. The molecule has 138 valence electrons. The van der Waals surface area contributed by atoms with Crippen LogP contribution in [0.5, 0.6) is 11.5 Å². The average molecular weight is 375 g/mol. The van der Waals surface area contributed by atoms with Crippen LogP contribution in [0, 0.1) is 0 Å². The molecular formula is C19H12F3NO4. The Hall–Kier alpha value is -3.42. The number of benzene rings is 2. The van der Waals surface area contributed by atoms with Crippen molar-refractivity contribution in [3.8, 4) is 22.8 Å². The standard InChI is InChI=1S/C19H12F3NO4/c20-19(21,22)12-3-1-2-11(8-12)14-6-7-16(27-14)18(24)23-13-4-5-15-17(9-13)26-10-25-15/h1-9H,10H2,(H,23,24). The predicted molar refractivity (Wildman–Crippen MR) is 89.7 cm³/mol. The highest BCUT2D eigenvalue weighted by molar-refractivity contribution is 6.02. The summed E-state index contributed by atoms with van der Waals surface area (Å²) in [5.74, 6) is 0.693. The largest absolute Gasteiger partial charge is 0.454 e. The van der Waals surface area contributed by atoms with Crippen LogP contribution in [-0.4, -0.2) is 12.7 Å². The first-order valence-electron chi connectivity index (χ1n) is 7.89. The Kier molecular flexibility index (Phi) is 4.02. The third kappa shape index (κ3) is 3.46. The summed E-state index contributed by atoms with van der Waals surface area (Å²) < 4.78 is 54.4. The molecule has 1 amide bonds. The van der Waals surface area contributed by atoms with E-state index < -0.39 is 17.6 Å². The van der Waals surface area contributed by atoms with Crippen LogP contribution in [0.2, 0.25) is 0 Å². The van der Waals surface area contributed by atoms with Gasteiger partial charge in [0.25, 0.3) is 5.91 Å². The van der Waals surface area contributed by atoms with E-state index in [4.69, 9.17) is 13.9 Å². The Morgan fingerprint density at radius 1 is 0.963 bits per heavy atom. The summed E-state index contributed by atoms with van der Waals surface area (Å²) >= 11 is 0. The summed E-state index contributed by atoms with van der Waals surface area (Å²) in [6.07, 6.45) is -4.46. The predicted octanol–water partition coefficient (Wildman–Crippen LogP) is 4.95. The number of nitrogens with one attached hydrogen (secondary N) is 1. The van der Waals surface area contributed by atoms with Crippen LogP contribution in [-0.2, 0) is 6.18 Å². The fourth-order valence-corrected chi connectivity index (χ4v) is 2.63. The van der Waals surface area contributed by atoms with Gasteiger partial charge in [-0.05, 0) is 36.4 Å². The van der Waals surface area contributed by atoms with Crippen LogP contribution in [0.3, 0.4) is 0 Å². The zero-order valence-corrected chi connectivity index (χ0v) is 13.7. The van der Waals surface area contributed by atoms with Gasteiger partial charge in [0.15, 0.2) is 17.3 Å². The monoisotopic (exact) mass is 375 g/mol. The second kappa shape index (κ2) is 6.39. The minimum Gasteiger partial charge on any atom is -0.454 e. The van der Waals surface area contributed by atoms with E-state index in [1.165, 1.54) is 24.3 Å². The quantitative estimate of drug-likeness (QED) is 0.704. The molecule has 2 aromatic carbocycles. The van der Waals surface area contributed by atoms with Crippen LogP contribution in [0.15, 0.2) is 59.0 Å². The zero-order valence-electron chi connectivity index (χ0n) is 13.7. The molecule has 1 N–H and O–H groups in total. The third-order valence-electron chi connectivity index (χ3n) is 3.93. The fourth-order valence-electron chi connectivity index (χ4n) is 2.63. The molecule has 1 aromatic heterocycles. The molecule has 5 nitrogen and oxygen atoms in total. The minimum absolute atomic E-state index is 0.0277. The second-order valence-electron chi connectivity index (χ2n) is 5.76. The Balaban J connectivity index is 1.53. The molecule has 1 aliphatic rings. The Morgan fingerprint density at radius 3 is 2.59 bits per heavy atom. The molecule has 1 aliphatic heterocycles. The Bertz CT molecular complexity index is 1010. The molecular weight excluding hydrogens is 363 g/mol. The van der Waals surface area contributed by atoms with Crippen molar-refractivity contribution in [1.82, 2.24) is 0 Å². The number of anilines is 1. The zero-order chi connectivity index (χ0) is 19.0. The fraction of sp³-hybridized carbons (Fsp3) is 0.105. The van der Waals surface area contributed by atoms with Crippen molar-refractivity contribution in [2.24, 2.45) is 0 Å². The van der Waals surface area contributed by atoms with Crippen LogP contribution in [0.1, 0.15) is 16.1 Å². The highest BCUT2D eigenvalue weighted by Crippen LogP contribution is 2.35. The summed E-state index contributed by atoms with van der Waals surface area (Å²) in [6, 6.07) is 12.5. The van der Waals surface area contributed by atoms with Crippen LogP contribution >= 0.6 is 0 Å². The molecule has 0 aliphatic carbocycles. The van der Waals surface area contributed by atoms with Crippen molar-refractivity contribution in [3.63, 3.8) is 0 Å². The molecule has 4 rings (SSSR count). The number of carbonyl (C=O) groups is 1. The molecule has 0 fully saturated rings. The number of alkyl halides is 3. The van der Waals surface area contributed by atoms with Crippen molar-refractivity contribution in [2.75, 3.05) is 12.1 Å². The summed E-state index contributed by atoms with van der Waals surface area (Å²) in [5.41, 5.74) is -0.0871. The smallest absolute Gasteiger partial charge is 0.416 e. The number of hydrogen-bond donors (Lipinski definition) is 1. The number of fused-ring (bicyclic) bond motifs is 1. The van der Waals surface area contributed by atoms with E-state index >= 15 is 0 Å².